The Hall–Kier alpha value is -1.55. The highest BCUT2D eigenvalue weighted by Crippen LogP contribution is 2.18. The molecule has 1 aromatic carbocycles. The van der Waals surface area contributed by atoms with Crippen molar-refractivity contribution in [1.29, 1.82) is 0 Å². The Morgan fingerprint density at radius 3 is 2.29 bits per heavy atom. The van der Waals surface area contributed by atoms with Gasteiger partial charge in [0.1, 0.15) is 11.4 Å². The van der Waals surface area contributed by atoms with E-state index in [2.05, 4.69) is 5.32 Å². The summed E-state index contributed by atoms with van der Waals surface area (Å²) in [6, 6.07) is 7.08. The Kier molecular flexibility index (Phi) is 6.21. The van der Waals surface area contributed by atoms with Crippen LogP contribution in [0.5, 0.6) is 5.75 Å². The Labute approximate surface area is 127 Å². The molecular formula is C17H27NO3. The molecule has 118 valence electrons. The van der Waals surface area contributed by atoms with Crippen LogP contribution in [0.25, 0.3) is 0 Å². The van der Waals surface area contributed by atoms with Crippen molar-refractivity contribution >= 4 is 5.91 Å². The average Bonchev–Trinajstić information content (AvgIpc) is 2.37. The fraction of sp³-hybridized carbons (Fsp3) is 0.588. The first-order chi connectivity index (χ1) is 9.69. The molecule has 1 amide bonds. The Morgan fingerprint density at radius 2 is 1.81 bits per heavy atom. The monoisotopic (exact) mass is 293 g/mol. The molecule has 0 bridgehead atoms. The predicted molar refractivity (Wildman–Crippen MR) is 84.6 cm³/mol. The highest BCUT2D eigenvalue weighted by molar-refractivity contribution is 5.94. The van der Waals surface area contributed by atoms with Gasteiger partial charge in [0.15, 0.2) is 0 Å². The zero-order valence-electron chi connectivity index (χ0n) is 13.6. The lowest BCUT2D eigenvalue weighted by Gasteiger charge is -2.21. The minimum absolute atomic E-state index is 0.131. The van der Waals surface area contributed by atoms with Gasteiger partial charge in [-0.25, -0.2) is 0 Å². The largest absolute Gasteiger partial charge is 0.488 e. The topological polar surface area (TPSA) is 58.6 Å². The van der Waals surface area contributed by atoms with Crippen molar-refractivity contribution in [3.05, 3.63) is 29.8 Å². The smallest absolute Gasteiger partial charge is 0.251 e. The summed E-state index contributed by atoms with van der Waals surface area (Å²) in [5.74, 6) is 0.818. The molecule has 0 radical (unpaired) electrons. The number of aliphatic hydroxyl groups is 1. The van der Waals surface area contributed by atoms with Gasteiger partial charge in [0.25, 0.3) is 5.91 Å². The van der Waals surface area contributed by atoms with Crippen LogP contribution < -0.4 is 10.1 Å². The molecule has 4 heteroatoms. The van der Waals surface area contributed by atoms with E-state index in [1.54, 1.807) is 24.3 Å². The van der Waals surface area contributed by atoms with Crippen molar-refractivity contribution < 1.29 is 14.6 Å². The number of nitrogens with one attached hydrogen (secondary N) is 1. The van der Waals surface area contributed by atoms with Crippen LogP contribution in [-0.2, 0) is 0 Å². The zero-order valence-corrected chi connectivity index (χ0v) is 13.6. The van der Waals surface area contributed by atoms with Crippen LogP contribution in [0.4, 0.5) is 0 Å². The molecule has 1 atom stereocenters. The SMILES string of the molecule is CC(C)C(O)CCNC(=O)c1ccc(OC(C)(C)C)cc1. The summed E-state index contributed by atoms with van der Waals surface area (Å²) >= 11 is 0. The second-order valence-electron chi connectivity index (χ2n) is 6.59. The Bertz CT molecular complexity index is 446. The van der Waals surface area contributed by atoms with E-state index in [-0.39, 0.29) is 23.5 Å². The Morgan fingerprint density at radius 1 is 1.24 bits per heavy atom. The molecule has 0 spiro atoms. The zero-order chi connectivity index (χ0) is 16.0. The molecule has 1 unspecified atom stereocenters. The molecule has 0 aliphatic rings. The van der Waals surface area contributed by atoms with Crippen molar-refractivity contribution in [2.75, 3.05) is 6.54 Å². The van der Waals surface area contributed by atoms with E-state index in [1.165, 1.54) is 0 Å². The van der Waals surface area contributed by atoms with Crippen LogP contribution in [0.1, 0.15) is 51.4 Å². The normalized spacial score (nSPS) is 13.1. The fourth-order valence-corrected chi connectivity index (χ4v) is 1.80. The average molecular weight is 293 g/mol. The van der Waals surface area contributed by atoms with Gasteiger partial charge in [0.05, 0.1) is 6.10 Å². The lowest BCUT2D eigenvalue weighted by molar-refractivity contribution is 0.0920. The molecule has 0 saturated carbocycles. The third-order valence-corrected chi connectivity index (χ3v) is 3.04. The molecule has 0 aliphatic heterocycles. The molecule has 0 saturated heterocycles. The molecule has 0 heterocycles. The van der Waals surface area contributed by atoms with E-state index < -0.39 is 0 Å². The molecule has 4 nitrogen and oxygen atoms in total. The molecule has 0 fully saturated rings. The number of hydrogen-bond acceptors (Lipinski definition) is 3. The predicted octanol–water partition coefficient (Wildman–Crippen LogP) is 3.00. The van der Waals surface area contributed by atoms with Crippen molar-refractivity contribution in [3.8, 4) is 5.75 Å². The third-order valence-electron chi connectivity index (χ3n) is 3.04. The summed E-state index contributed by atoms with van der Waals surface area (Å²) < 4.78 is 5.71. The molecule has 0 aliphatic carbocycles. The number of carbonyl (C=O) groups excluding carboxylic acids is 1. The van der Waals surface area contributed by atoms with Gasteiger partial charge in [-0.2, -0.15) is 0 Å². The molecule has 1 aromatic rings. The minimum atomic E-state index is -0.382. The molecular weight excluding hydrogens is 266 g/mol. The first-order valence-corrected chi connectivity index (χ1v) is 7.44. The molecule has 2 N–H and O–H groups in total. The summed E-state index contributed by atoms with van der Waals surface area (Å²) in [4.78, 5) is 12.0. The standard InChI is InChI=1S/C17H27NO3/c1-12(2)15(19)10-11-18-16(20)13-6-8-14(9-7-13)21-17(3,4)5/h6-9,12,15,19H,10-11H2,1-5H3,(H,18,20). The maximum absolute atomic E-state index is 12.0. The van der Waals surface area contributed by atoms with Crippen LogP contribution in [0, 0.1) is 5.92 Å². The van der Waals surface area contributed by atoms with Crippen molar-refractivity contribution in [2.45, 2.75) is 52.7 Å². The lowest BCUT2D eigenvalue weighted by Crippen LogP contribution is -2.28. The number of amides is 1. The lowest BCUT2D eigenvalue weighted by atomic mass is 10.0. The number of benzene rings is 1. The third kappa shape index (κ3) is 6.63. The van der Waals surface area contributed by atoms with Gasteiger partial charge < -0.3 is 15.2 Å². The first kappa shape index (κ1) is 17.5. The van der Waals surface area contributed by atoms with E-state index in [1.807, 2.05) is 34.6 Å². The highest BCUT2D eigenvalue weighted by Gasteiger charge is 2.13. The van der Waals surface area contributed by atoms with Crippen LogP contribution in [0.2, 0.25) is 0 Å². The van der Waals surface area contributed by atoms with E-state index in [9.17, 15) is 9.90 Å². The number of aliphatic hydroxyl groups excluding tert-OH is 1. The summed E-state index contributed by atoms with van der Waals surface area (Å²) in [5.41, 5.74) is 0.340. The number of ether oxygens (including phenoxy) is 1. The van der Waals surface area contributed by atoms with Gasteiger partial charge in [-0.1, -0.05) is 13.8 Å². The number of carbonyl (C=O) groups is 1. The van der Waals surface area contributed by atoms with Crippen molar-refractivity contribution in [2.24, 2.45) is 5.92 Å². The Balaban J connectivity index is 2.48. The van der Waals surface area contributed by atoms with Crippen LogP contribution >= 0.6 is 0 Å². The minimum Gasteiger partial charge on any atom is -0.488 e. The van der Waals surface area contributed by atoms with Crippen molar-refractivity contribution in [3.63, 3.8) is 0 Å². The quantitative estimate of drug-likeness (QED) is 0.847. The second-order valence-corrected chi connectivity index (χ2v) is 6.59. The first-order valence-electron chi connectivity index (χ1n) is 7.44. The van der Waals surface area contributed by atoms with E-state index >= 15 is 0 Å². The highest BCUT2D eigenvalue weighted by atomic mass is 16.5. The van der Waals surface area contributed by atoms with Gasteiger partial charge in [0.2, 0.25) is 0 Å². The fourth-order valence-electron chi connectivity index (χ4n) is 1.80. The van der Waals surface area contributed by atoms with Crippen LogP contribution in [-0.4, -0.2) is 29.3 Å². The number of hydrogen-bond donors (Lipinski definition) is 2. The molecule has 21 heavy (non-hydrogen) atoms. The van der Waals surface area contributed by atoms with E-state index in [0.717, 1.165) is 5.75 Å². The van der Waals surface area contributed by atoms with Gasteiger partial charge >= 0.3 is 0 Å². The molecule has 1 rings (SSSR count). The van der Waals surface area contributed by atoms with E-state index in [4.69, 9.17) is 4.74 Å². The second kappa shape index (κ2) is 7.46. The summed E-state index contributed by atoms with van der Waals surface area (Å²) in [5, 5.41) is 12.5. The van der Waals surface area contributed by atoms with Gasteiger partial charge in [-0.15, -0.1) is 0 Å². The van der Waals surface area contributed by atoms with Gasteiger partial charge in [-0.05, 0) is 57.4 Å². The maximum Gasteiger partial charge on any atom is 0.251 e. The van der Waals surface area contributed by atoms with Gasteiger partial charge in [-0.3, -0.25) is 4.79 Å². The van der Waals surface area contributed by atoms with Crippen LogP contribution in [0.15, 0.2) is 24.3 Å². The summed E-state index contributed by atoms with van der Waals surface area (Å²) in [7, 11) is 0. The van der Waals surface area contributed by atoms with Crippen LogP contribution in [0.3, 0.4) is 0 Å². The van der Waals surface area contributed by atoms with E-state index in [0.29, 0.717) is 18.5 Å². The summed E-state index contributed by atoms with van der Waals surface area (Å²) in [6.45, 7) is 10.3. The van der Waals surface area contributed by atoms with Crippen molar-refractivity contribution in [1.82, 2.24) is 5.32 Å². The maximum atomic E-state index is 12.0. The van der Waals surface area contributed by atoms with Gasteiger partial charge in [0, 0.05) is 12.1 Å². The summed E-state index contributed by atoms with van der Waals surface area (Å²) in [6.07, 6.45) is 0.183. The molecule has 0 aromatic heterocycles. The number of rotatable bonds is 6.